The molecule has 0 saturated carbocycles. The number of benzene rings is 1. The van der Waals surface area contributed by atoms with E-state index in [4.69, 9.17) is 4.42 Å². The smallest absolute Gasteiger partial charge is 0.310 e. The summed E-state index contributed by atoms with van der Waals surface area (Å²) in [6.45, 7) is 2.05. The summed E-state index contributed by atoms with van der Waals surface area (Å²) in [5.41, 5.74) is 3.19. The average Bonchev–Trinajstić information content (AvgIpc) is 3.35. The van der Waals surface area contributed by atoms with Crippen LogP contribution in [0, 0.1) is 6.92 Å². The van der Waals surface area contributed by atoms with E-state index in [0.717, 1.165) is 16.2 Å². The van der Waals surface area contributed by atoms with Crippen molar-refractivity contribution in [3.63, 3.8) is 0 Å². The zero-order valence-corrected chi connectivity index (χ0v) is 15.9. The second kappa shape index (κ2) is 6.61. The van der Waals surface area contributed by atoms with Crippen LogP contribution in [0.2, 0.25) is 0 Å². The molecular weight excluding hydrogens is 400 g/mol. The lowest BCUT2D eigenvalue weighted by atomic mass is 10.00. The van der Waals surface area contributed by atoms with E-state index in [9.17, 15) is 4.79 Å². The van der Waals surface area contributed by atoms with Gasteiger partial charge in [0.1, 0.15) is 0 Å². The van der Waals surface area contributed by atoms with E-state index in [1.807, 2.05) is 17.5 Å². The van der Waals surface area contributed by atoms with Gasteiger partial charge < -0.3 is 4.42 Å². The lowest BCUT2D eigenvalue weighted by molar-refractivity contribution is 0.0677. The zero-order chi connectivity index (χ0) is 17.4. The number of rotatable bonds is 3. The summed E-state index contributed by atoms with van der Waals surface area (Å²) in [6.07, 6.45) is 0.692. The molecule has 1 amide bonds. The Hall–Kier alpha value is -2.18. The number of furan rings is 1. The highest BCUT2D eigenvalue weighted by Crippen LogP contribution is 2.35. The fourth-order valence-electron chi connectivity index (χ4n) is 2.88. The standard InChI is InChI=1S/C19H15BrN2O2S/c1-12-4-6-13(7-5-12)15-11-14(17-3-2-10-25-17)21-22(15)19(23)16-8-9-18(20)24-16/h2-10,15H,11H2,1H3. The number of hydrogen-bond donors (Lipinski definition) is 0. The Morgan fingerprint density at radius 2 is 2.04 bits per heavy atom. The second-order valence-corrected chi connectivity index (χ2v) is 7.64. The molecule has 1 unspecified atom stereocenters. The van der Waals surface area contributed by atoms with E-state index < -0.39 is 0 Å². The van der Waals surface area contributed by atoms with E-state index in [1.54, 1.807) is 28.5 Å². The molecule has 1 aliphatic rings. The number of hydrogen-bond acceptors (Lipinski definition) is 4. The Labute approximate surface area is 157 Å². The highest BCUT2D eigenvalue weighted by atomic mass is 79.9. The number of amides is 1. The summed E-state index contributed by atoms with van der Waals surface area (Å²) in [4.78, 5) is 14.0. The molecule has 0 saturated heterocycles. The molecule has 25 heavy (non-hydrogen) atoms. The van der Waals surface area contributed by atoms with Gasteiger partial charge in [0.25, 0.3) is 0 Å². The Morgan fingerprint density at radius 1 is 1.24 bits per heavy atom. The van der Waals surface area contributed by atoms with Crippen molar-refractivity contribution in [2.24, 2.45) is 5.10 Å². The van der Waals surface area contributed by atoms with E-state index >= 15 is 0 Å². The van der Waals surface area contributed by atoms with Gasteiger partial charge in [-0.3, -0.25) is 4.79 Å². The van der Waals surface area contributed by atoms with Crippen molar-refractivity contribution >= 4 is 38.9 Å². The van der Waals surface area contributed by atoms with Gasteiger partial charge in [0.05, 0.1) is 16.6 Å². The van der Waals surface area contributed by atoms with Crippen LogP contribution in [-0.4, -0.2) is 16.6 Å². The molecule has 3 aromatic rings. The molecule has 4 rings (SSSR count). The first-order valence-corrected chi connectivity index (χ1v) is 9.56. The lowest BCUT2D eigenvalue weighted by Crippen LogP contribution is -2.26. The van der Waals surface area contributed by atoms with Crippen LogP contribution in [-0.2, 0) is 0 Å². The molecule has 0 N–H and O–H groups in total. The van der Waals surface area contributed by atoms with Gasteiger partial charge in [0, 0.05) is 6.42 Å². The maximum Gasteiger partial charge on any atom is 0.310 e. The largest absolute Gasteiger partial charge is 0.444 e. The predicted molar refractivity (Wildman–Crippen MR) is 102 cm³/mol. The van der Waals surface area contributed by atoms with E-state index in [0.29, 0.717) is 11.1 Å². The molecule has 2 aromatic heterocycles. The SMILES string of the molecule is Cc1ccc(C2CC(c3cccs3)=NN2C(=O)c2ccc(Br)o2)cc1. The van der Waals surface area contributed by atoms with Gasteiger partial charge in [-0.15, -0.1) is 11.3 Å². The molecule has 1 aliphatic heterocycles. The Morgan fingerprint density at radius 3 is 2.68 bits per heavy atom. The summed E-state index contributed by atoms with van der Waals surface area (Å²) in [7, 11) is 0. The topological polar surface area (TPSA) is 45.8 Å². The number of aryl methyl sites for hydroxylation is 1. The van der Waals surface area contributed by atoms with Gasteiger partial charge in [-0.2, -0.15) is 5.10 Å². The number of thiophene rings is 1. The van der Waals surface area contributed by atoms with Crippen LogP contribution in [0.4, 0.5) is 0 Å². The first kappa shape index (κ1) is 16.3. The second-order valence-electron chi connectivity index (χ2n) is 5.91. The Balaban J connectivity index is 1.72. The fraction of sp³-hybridized carbons (Fsp3) is 0.158. The van der Waals surface area contributed by atoms with E-state index in [2.05, 4.69) is 52.2 Å². The monoisotopic (exact) mass is 414 g/mol. The third kappa shape index (κ3) is 3.19. The van der Waals surface area contributed by atoms with Crippen molar-refractivity contribution < 1.29 is 9.21 Å². The molecule has 3 heterocycles. The summed E-state index contributed by atoms with van der Waals surface area (Å²) >= 11 is 4.88. The van der Waals surface area contributed by atoms with Gasteiger partial charge in [0.15, 0.2) is 10.4 Å². The van der Waals surface area contributed by atoms with Crippen LogP contribution < -0.4 is 0 Å². The molecule has 6 heteroatoms. The maximum absolute atomic E-state index is 12.9. The molecule has 4 nitrogen and oxygen atoms in total. The Kier molecular flexibility index (Phi) is 4.31. The summed E-state index contributed by atoms with van der Waals surface area (Å²) < 4.78 is 5.98. The number of carbonyl (C=O) groups excluding carboxylic acids is 1. The average molecular weight is 415 g/mol. The van der Waals surface area contributed by atoms with Crippen molar-refractivity contribution in [1.29, 1.82) is 0 Å². The molecule has 0 bridgehead atoms. The van der Waals surface area contributed by atoms with Gasteiger partial charge in [-0.05, 0) is 52.0 Å². The molecule has 1 atom stereocenters. The molecule has 1 aromatic carbocycles. The lowest BCUT2D eigenvalue weighted by Gasteiger charge is -2.21. The quantitative estimate of drug-likeness (QED) is 0.575. The third-order valence-electron chi connectivity index (χ3n) is 4.17. The molecule has 0 aliphatic carbocycles. The number of halogens is 1. The van der Waals surface area contributed by atoms with Crippen molar-refractivity contribution in [1.82, 2.24) is 5.01 Å². The number of nitrogens with zero attached hydrogens (tertiary/aromatic N) is 2. The highest BCUT2D eigenvalue weighted by molar-refractivity contribution is 9.10. The predicted octanol–water partition coefficient (Wildman–Crippen LogP) is 5.40. The van der Waals surface area contributed by atoms with Crippen molar-refractivity contribution in [3.8, 4) is 0 Å². The van der Waals surface area contributed by atoms with Crippen LogP contribution in [0.15, 0.2) is 68.1 Å². The third-order valence-corrected chi connectivity index (χ3v) is 5.52. The van der Waals surface area contributed by atoms with Crippen molar-refractivity contribution in [2.75, 3.05) is 0 Å². The van der Waals surface area contributed by atoms with Crippen LogP contribution in [0.5, 0.6) is 0 Å². The van der Waals surface area contributed by atoms with Gasteiger partial charge in [-0.25, -0.2) is 5.01 Å². The highest BCUT2D eigenvalue weighted by Gasteiger charge is 2.35. The van der Waals surface area contributed by atoms with Gasteiger partial charge in [0.2, 0.25) is 0 Å². The van der Waals surface area contributed by atoms with Gasteiger partial charge in [-0.1, -0.05) is 35.9 Å². The summed E-state index contributed by atoms with van der Waals surface area (Å²) in [6, 6.07) is 15.5. The van der Waals surface area contributed by atoms with Crippen LogP contribution >= 0.6 is 27.3 Å². The molecule has 126 valence electrons. The normalized spacial score (nSPS) is 17.0. The van der Waals surface area contributed by atoms with Crippen LogP contribution in [0.25, 0.3) is 0 Å². The first-order chi connectivity index (χ1) is 12.1. The molecule has 0 fully saturated rings. The van der Waals surface area contributed by atoms with Crippen LogP contribution in [0.1, 0.15) is 39.0 Å². The minimum absolute atomic E-state index is 0.130. The Bertz CT molecular complexity index is 929. The van der Waals surface area contributed by atoms with E-state index in [-0.39, 0.29) is 17.7 Å². The van der Waals surface area contributed by atoms with Gasteiger partial charge >= 0.3 is 5.91 Å². The maximum atomic E-state index is 12.9. The first-order valence-electron chi connectivity index (χ1n) is 7.88. The molecular formula is C19H15BrN2O2S. The zero-order valence-electron chi connectivity index (χ0n) is 13.5. The minimum Gasteiger partial charge on any atom is -0.444 e. The van der Waals surface area contributed by atoms with E-state index in [1.165, 1.54) is 5.56 Å². The van der Waals surface area contributed by atoms with Crippen molar-refractivity contribution in [3.05, 3.63) is 80.3 Å². The number of hydrazone groups is 1. The molecule has 0 radical (unpaired) electrons. The van der Waals surface area contributed by atoms with Crippen molar-refractivity contribution in [2.45, 2.75) is 19.4 Å². The number of carbonyl (C=O) groups is 1. The summed E-state index contributed by atoms with van der Waals surface area (Å²) in [5.74, 6) is 0.0444. The van der Waals surface area contributed by atoms with Crippen LogP contribution in [0.3, 0.4) is 0 Å². The fourth-order valence-corrected chi connectivity index (χ4v) is 3.91. The summed E-state index contributed by atoms with van der Waals surface area (Å²) in [5, 5.41) is 8.20. The minimum atomic E-state index is -0.233. The molecule has 0 spiro atoms.